The molecule has 0 aliphatic heterocycles. The smallest absolute Gasteiger partial charge is 0.128 e. The van der Waals surface area contributed by atoms with Crippen molar-refractivity contribution in [3.05, 3.63) is 45.2 Å². The van der Waals surface area contributed by atoms with Crippen LogP contribution in [0.1, 0.15) is 24.3 Å². The van der Waals surface area contributed by atoms with Gasteiger partial charge in [-0.15, -0.1) is 11.3 Å². The van der Waals surface area contributed by atoms with Crippen LogP contribution in [0.5, 0.6) is 0 Å². The summed E-state index contributed by atoms with van der Waals surface area (Å²) in [6.07, 6.45) is 1.87. The Labute approximate surface area is 129 Å². The van der Waals surface area contributed by atoms with Gasteiger partial charge in [-0.1, -0.05) is 25.4 Å². The number of nitrogens with zero attached hydrogens (tertiary/aromatic N) is 2. The van der Waals surface area contributed by atoms with E-state index in [0.29, 0.717) is 6.04 Å². The van der Waals surface area contributed by atoms with E-state index in [0.717, 1.165) is 23.2 Å². The summed E-state index contributed by atoms with van der Waals surface area (Å²) in [5, 5.41) is 3.42. The van der Waals surface area contributed by atoms with Gasteiger partial charge in [0.15, 0.2) is 0 Å². The van der Waals surface area contributed by atoms with Crippen molar-refractivity contribution in [2.45, 2.75) is 33.0 Å². The highest BCUT2D eigenvalue weighted by Crippen LogP contribution is 2.24. The van der Waals surface area contributed by atoms with Crippen LogP contribution in [0, 0.1) is 0 Å². The Balaban J connectivity index is 2.02. The van der Waals surface area contributed by atoms with Gasteiger partial charge in [0.2, 0.25) is 0 Å². The van der Waals surface area contributed by atoms with Crippen LogP contribution >= 0.6 is 22.9 Å². The molecular formula is C15H20ClN3S. The third kappa shape index (κ3) is 4.47. The van der Waals surface area contributed by atoms with Gasteiger partial charge in [-0.3, -0.25) is 0 Å². The lowest BCUT2D eigenvalue weighted by Crippen LogP contribution is -2.22. The Morgan fingerprint density at radius 1 is 1.35 bits per heavy atom. The number of nitrogens with one attached hydrogen (secondary N) is 1. The molecule has 0 aromatic carbocycles. The largest absolute Gasteiger partial charge is 0.355 e. The fraction of sp³-hybridized carbons (Fsp3) is 0.400. The summed E-state index contributed by atoms with van der Waals surface area (Å²) in [5.41, 5.74) is 1.25. The first-order chi connectivity index (χ1) is 9.54. The van der Waals surface area contributed by atoms with E-state index in [4.69, 9.17) is 11.6 Å². The molecule has 0 saturated heterocycles. The van der Waals surface area contributed by atoms with E-state index >= 15 is 0 Å². The van der Waals surface area contributed by atoms with Gasteiger partial charge in [0.05, 0.1) is 10.9 Å². The molecule has 0 bridgehead atoms. The predicted molar refractivity (Wildman–Crippen MR) is 87.6 cm³/mol. The van der Waals surface area contributed by atoms with Gasteiger partial charge in [0.1, 0.15) is 5.82 Å². The molecule has 3 nitrogen and oxygen atoms in total. The maximum Gasteiger partial charge on any atom is 0.128 e. The fourth-order valence-corrected chi connectivity index (χ4v) is 2.99. The highest BCUT2D eigenvalue weighted by molar-refractivity contribution is 7.16. The van der Waals surface area contributed by atoms with Crippen molar-refractivity contribution in [2.75, 3.05) is 11.9 Å². The zero-order valence-corrected chi connectivity index (χ0v) is 13.6. The number of thiophene rings is 1. The van der Waals surface area contributed by atoms with Gasteiger partial charge in [-0.05, 0) is 29.8 Å². The maximum atomic E-state index is 5.96. The third-order valence-corrected chi connectivity index (χ3v) is 4.15. The minimum atomic E-state index is 0.484. The number of anilines is 1. The van der Waals surface area contributed by atoms with E-state index in [9.17, 15) is 0 Å². The molecule has 0 spiro atoms. The van der Waals surface area contributed by atoms with E-state index in [1.807, 2.05) is 12.3 Å². The average molecular weight is 310 g/mol. The molecule has 2 aromatic rings. The number of hydrogen-bond donors (Lipinski definition) is 1. The second-order valence-electron chi connectivity index (χ2n) is 5.12. The fourth-order valence-electron chi connectivity index (χ4n) is 1.85. The quantitative estimate of drug-likeness (QED) is 0.876. The minimum Gasteiger partial charge on any atom is -0.355 e. The lowest BCUT2D eigenvalue weighted by molar-refractivity contribution is 0.588. The van der Waals surface area contributed by atoms with Gasteiger partial charge in [0.25, 0.3) is 0 Å². The number of aromatic nitrogens is 1. The zero-order chi connectivity index (χ0) is 14.5. The molecule has 5 heteroatoms. The van der Waals surface area contributed by atoms with Gasteiger partial charge >= 0.3 is 0 Å². The van der Waals surface area contributed by atoms with E-state index in [2.05, 4.69) is 54.3 Å². The van der Waals surface area contributed by atoms with Crippen molar-refractivity contribution in [1.29, 1.82) is 0 Å². The summed E-state index contributed by atoms with van der Waals surface area (Å²) >= 11 is 7.57. The van der Waals surface area contributed by atoms with Crippen LogP contribution in [-0.2, 0) is 13.1 Å². The van der Waals surface area contributed by atoms with Crippen molar-refractivity contribution in [3.63, 3.8) is 0 Å². The van der Waals surface area contributed by atoms with E-state index in [1.165, 1.54) is 10.4 Å². The Hall–Kier alpha value is -1.10. The highest BCUT2D eigenvalue weighted by Gasteiger charge is 2.06. The second-order valence-corrected chi connectivity index (χ2v) is 6.92. The third-order valence-electron chi connectivity index (χ3n) is 2.94. The first-order valence-corrected chi connectivity index (χ1v) is 7.87. The standard InChI is InChI=1S/C15H20ClN3S/c1-11(2)18-9-12-6-7-17-15(8-12)19(3)10-13-4-5-14(16)20-13/h4-8,11,18H,9-10H2,1-3H3. The lowest BCUT2D eigenvalue weighted by atomic mass is 10.2. The number of hydrogen-bond acceptors (Lipinski definition) is 4. The summed E-state index contributed by atoms with van der Waals surface area (Å²) in [6, 6.07) is 8.66. The lowest BCUT2D eigenvalue weighted by Gasteiger charge is -2.18. The van der Waals surface area contributed by atoms with Crippen LogP contribution in [0.2, 0.25) is 4.34 Å². The molecule has 2 heterocycles. The first kappa shape index (κ1) is 15.3. The van der Waals surface area contributed by atoms with Crippen molar-refractivity contribution < 1.29 is 0 Å². The van der Waals surface area contributed by atoms with Crippen LogP contribution in [0.15, 0.2) is 30.5 Å². The summed E-state index contributed by atoms with van der Waals surface area (Å²) in [4.78, 5) is 7.82. The molecule has 20 heavy (non-hydrogen) atoms. The van der Waals surface area contributed by atoms with Crippen LogP contribution in [0.25, 0.3) is 0 Å². The molecule has 108 valence electrons. The topological polar surface area (TPSA) is 28.2 Å². The summed E-state index contributed by atoms with van der Waals surface area (Å²) < 4.78 is 0.830. The summed E-state index contributed by atoms with van der Waals surface area (Å²) in [6.45, 7) is 5.99. The van der Waals surface area contributed by atoms with Gasteiger partial charge in [-0.25, -0.2) is 4.98 Å². The van der Waals surface area contributed by atoms with Gasteiger partial charge < -0.3 is 10.2 Å². The normalized spacial score (nSPS) is 11.1. The molecule has 2 aromatic heterocycles. The van der Waals surface area contributed by atoms with Crippen LogP contribution in [0.4, 0.5) is 5.82 Å². The average Bonchev–Trinajstić information content (AvgIpc) is 2.82. The monoisotopic (exact) mass is 309 g/mol. The van der Waals surface area contributed by atoms with Crippen molar-refractivity contribution in [2.24, 2.45) is 0 Å². The number of pyridine rings is 1. The highest BCUT2D eigenvalue weighted by atomic mass is 35.5. The van der Waals surface area contributed by atoms with Crippen molar-refractivity contribution >= 4 is 28.8 Å². The second kappa shape index (κ2) is 7.07. The molecule has 0 saturated carbocycles. The SMILES string of the molecule is CC(C)NCc1ccnc(N(C)Cc2ccc(Cl)s2)c1. The van der Waals surface area contributed by atoms with Gasteiger partial charge in [-0.2, -0.15) is 0 Å². The van der Waals surface area contributed by atoms with Crippen LogP contribution in [-0.4, -0.2) is 18.1 Å². The summed E-state index contributed by atoms with van der Waals surface area (Å²) in [7, 11) is 2.05. The van der Waals surface area contributed by atoms with Crippen molar-refractivity contribution in [3.8, 4) is 0 Å². The maximum absolute atomic E-state index is 5.96. The molecule has 1 N–H and O–H groups in total. The summed E-state index contributed by atoms with van der Waals surface area (Å²) in [5.74, 6) is 0.984. The molecule has 0 aliphatic carbocycles. The molecule has 2 rings (SSSR count). The molecule has 0 aliphatic rings. The van der Waals surface area contributed by atoms with Crippen LogP contribution < -0.4 is 10.2 Å². The number of rotatable bonds is 6. The molecule has 0 amide bonds. The molecular weight excluding hydrogens is 290 g/mol. The van der Waals surface area contributed by atoms with E-state index < -0.39 is 0 Å². The van der Waals surface area contributed by atoms with E-state index in [-0.39, 0.29) is 0 Å². The minimum absolute atomic E-state index is 0.484. The molecule has 0 unspecified atom stereocenters. The van der Waals surface area contributed by atoms with E-state index in [1.54, 1.807) is 11.3 Å². The zero-order valence-electron chi connectivity index (χ0n) is 12.1. The molecule has 0 fully saturated rings. The Morgan fingerprint density at radius 3 is 2.80 bits per heavy atom. The van der Waals surface area contributed by atoms with Crippen molar-refractivity contribution in [1.82, 2.24) is 10.3 Å². The Morgan fingerprint density at radius 2 is 2.15 bits per heavy atom. The van der Waals surface area contributed by atoms with Crippen LogP contribution in [0.3, 0.4) is 0 Å². The first-order valence-electron chi connectivity index (χ1n) is 6.68. The van der Waals surface area contributed by atoms with Gasteiger partial charge in [0, 0.05) is 30.7 Å². The Bertz CT molecular complexity index is 554. The predicted octanol–water partition coefficient (Wildman–Crippen LogP) is 3.93. The molecule has 0 atom stereocenters. The Kier molecular flexibility index (Phi) is 5.40. The molecule has 0 radical (unpaired) electrons. The number of halogens is 1.